The number of halogens is 1. The number of nitrogens with zero attached hydrogens (tertiary/aromatic N) is 1. The third kappa shape index (κ3) is 4.17. The van der Waals surface area contributed by atoms with Crippen LogP contribution in [0.2, 0.25) is 0 Å². The summed E-state index contributed by atoms with van der Waals surface area (Å²) in [6.07, 6.45) is 1.37. The highest BCUT2D eigenvalue weighted by atomic mass is 79.9. The molecule has 1 aromatic carbocycles. The van der Waals surface area contributed by atoms with Crippen LogP contribution in [0.3, 0.4) is 0 Å². The molecule has 1 aromatic heterocycles. The minimum atomic E-state index is -0.121. The Labute approximate surface area is 132 Å². The van der Waals surface area contributed by atoms with Gasteiger partial charge in [-0.25, -0.2) is 4.98 Å². The van der Waals surface area contributed by atoms with Gasteiger partial charge in [-0.2, -0.15) is 0 Å². The van der Waals surface area contributed by atoms with Crippen molar-refractivity contribution in [3.05, 3.63) is 56.2 Å². The van der Waals surface area contributed by atoms with Crippen molar-refractivity contribution in [2.45, 2.75) is 26.7 Å². The van der Waals surface area contributed by atoms with E-state index >= 15 is 0 Å². The lowest BCUT2D eigenvalue weighted by atomic mass is 10.1. The van der Waals surface area contributed by atoms with Crippen LogP contribution in [0, 0.1) is 5.92 Å². The van der Waals surface area contributed by atoms with E-state index < -0.39 is 0 Å². The number of hydrogen-bond acceptors (Lipinski definition) is 3. The zero-order chi connectivity index (χ0) is 15.4. The van der Waals surface area contributed by atoms with Gasteiger partial charge in [0.15, 0.2) is 0 Å². The Bertz CT molecular complexity index is 663. The number of H-pyrrole nitrogens is 1. The van der Waals surface area contributed by atoms with E-state index in [1.54, 1.807) is 7.11 Å². The summed E-state index contributed by atoms with van der Waals surface area (Å²) < 4.78 is 5.67. The standard InChI is InChI=1S/C16H19BrN2O2/c1-10(2)8-13-15(17)16(20)19-14(18-13)9-11-4-6-12(21-3)7-5-11/h4-7,10H,8-9H2,1-3H3,(H,18,19,20). The van der Waals surface area contributed by atoms with Crippen LogP contribution in [-0.4, -0.2) is 17.1 Å². The summed E-state index contributed by atoms with van der Waals surface area (Å²) in [5.41, 5.74) is 1.78. The third-order valence-electron chi connectivity index (χ3n) is 3.11. The Morgan fingerprint density at radius 3 is 2.52 bits per heavy atom. The fraction of sp³-hybridized carbons (Fsp3) is 0.375. The number of ether oxygens (including phenoxy) is 1. The van der Waals surface area contributed by atoms with Crippen molar-refractivity contribution in [3.63, 3.8) is 0 Å². The number of nitrogens with one attached hydrogen (secondary N) is 1. The molecule has 0 fully saturated rings. The molecule has 2 rings (SSSR count). The average Bonchev–Trinajstić information content (AvgIpc) is 2.44. The van der Waals surface area contributed by atoms with Crippen LogP contribution in [0.15, 0.2) is 33.5 Å². The summed E-state index contributed by atoms with van der Waals surface area (Å²) >= 11 is 3.32. The van der Waals surface area contributed by atoms with Gasteiger partial charge in [0.1, 0.15) is 16.0 Å². The fourth-order valence-corrected chi connectivity index (χ4v) is 2.45. The molecule has 0 saturated carbocycles. The van der Waals surface area contributed by atoms with Crippen LogP contribution in [0.25, 0.3) is 0 Å². The van der Waals surface area contributed by atoms with Crippen molar-refractivity contribution in [1.29, 1.82) is 0 Å². The predicted molar refractivity (Wildman–Crippen MR) is 86.9 cm³/mol. The van der Waals surface area contributed by atoms with Crippen LogP contribution >= 0.6 is 15.9 Å². The average molecular weight is 351 g/mol. The van der Waals surface area contributed by atoms with Crippen LogP contribution < -0.4 is 10.3 Å². The Morgan fingerprint density at radius 1 is 1.29 bits per heavy atom. The maximum absolute atomic E-state index is 12.0. The van der Waals surface area contributed by atoms with Gasteiger partial charge in [-0.15, -0.1) is 0 Å². The van der Waals surface area contributed by atoms with E-state index in [1.807, 2.05) is 24.3 Å². The molecule has 5 heteroatoms. The van der Waals surface area contributed by atoms with Crippen molar-refractivity contribution in [3.8, 4) is 5.75 Å². The van der Waals surface area contributed by atoms with Gasteiger partial charge < -0.3 is 9.72 Å². The fourth-order valence-electron chi connectivity index (χ4n) is 2.10. The van der Waals surface area contributed by atoms with E-state index in [0.29, 0.717) is 22.6 Å². The summed E-state index contributed by atoms with van der Waals surface area (Å²) in [6.45, 7) is 4.22. The number of methoxy groups -OCH3 is 1. The molecule has 0 amide bonds. The van der Waals surface area contributed by atoms with Crippen LogP contribution in [0.1, 0.15) is 30.9 Å². The number of aromatic nitrogens is 2. The van der Waals surface area contributed by atoms with Gasteiger partial charge in [-0.3, -0.25) is 4.79 Å². The highest BCUT2D eigenvalue weighted by molar-refractivity contribution is 9.10. The second kappa shape index (κ2) is 6.89. The lowest BCUT2D eigenvalue weighted by Crippen LogP contribution is -2.17. The zero-order valence-electron chi connectivity index (χ0n) is 12.4. The van der Waals surface area contributed by atoms with Crippen LogP contribution in [0.4, 0.5) is 0 Å². The van der Waals surface area contributed by atoms with Gasteiger partial charge in [-0.1, -0.05) is 26.0 Å². The van der Waals surface area contributed by atoms with Crippen molar-refractivity contribution in [2.24, 2.45) is 5.92 Å². The van der Waals surface area contributed by atoms with Gasteiger partial charge in [-0.05, 0) is 46.0 Å². The Hall–Kier alpha value is -1.62. The molecular weight excluding hydrogens is 332 g/mol. The number of rotatable bonds is 5. The Kier molecular flexibility index (Phi) is 5.17. The molecule has 1 N–H and O–H groups in total. The molecule has 0 radical (unpaired) electrons. The first-order chi connectivity index (χ1) is 9.99. The van der Waals surface area contributed by atoms with E-state index in [9.17, 15) is 4.79 Å². The molecule has 4 nitrogen and oxygen atoms in total. The summed E-state index contributed by atoms with van der Waals surface area (Å²) in [4.78, 5) is 19.4. The first kappa shape index (κ1) is 15.8. The van der Waals surface area contributed by atoms with Crippen LogP contribution in [0.5, 0.6) is 5.75 Å². The summed E-state index contributed by atoms with van der Waals surface area (Å²) in [5.74, 6) is 1.95. The highest BCUT2D eigenvalue weighted by Crippen LogP contribution is 2.16. The molecule has 2 aromatic rings. The second-order valence-corrected chi connectivity index (χ2v) is 6.19. The van der Waals surface area contributed by atoms with Gasteiger partial charge in [0.25, 0.3) is 5.56 Å². The first-order valence-electron chi connectivity index (χ1n) is 6.90. The molecule has 0 aliphatic heterocycles. The Morgan fingerprint density at radius 2 is 1.95 bits per heavy atom. The van der Waals surface area contributed by atoms with Gasteiger partial charge in [0.05, 0.1) is 12.8 Å². The highest BCUT2D eigenvalue weighted by Gasteiger charge is 2.11. The van der Waals surface area contributed by atoms with Gasteiger partial charge in [0.2, 0.25) is 0 Å². The van der Waals surface area contributed by atoms with E-state index in [0.717, 1.165) is 23.4 Å². The lowest BCUT2D eigenvalue weighted by molar-refractivity contribution is 0.414. The number of aromatic amines is 1. The first-order valence-corrected chi connectivity index (χ1v) is 7.69. The van der Waals surface area contributed by atoms with Gasteiger partial charge >= 0.3 is 0 Å². The molecule has 112 valence electrons. The summed E-state index contributed by atoms with van der Waals surface area (Å²) in [6, 6.07) is 7.76. The maximum Gasteiger partial charge on any atom is 0.265 e. The summed E-state index contributed by atoms with van der Waals surface area (Å²) in [5, 5.41) is 0. The normalized spacial score (nSPS) is 10.9. The van der Waals surface area contributed by atoms with Gasteiger partial charge in [0, 0.05) is 6.42 Å². The third-order valence-corrected chi connectivity index (χ3v) is 3.93. The molecule has 0 unspecified atom stereocenters. The van der Waals surface area contributed by atoms with E-state index in [1.165, 1.54) is 0 Å². The largest absolute Gasteiger partial charge is 0.497 e. The second-order valence-electron chi connectivity index (χ2n) is 5.40. The SMILES string of the molecule is COc1ccc(Cc2nc(CC(C)C)c(Br)c(=O)[nH]2)cc1. The Balaban J connectivity index is 2.26. The summed E-state index contributed by atoms with van der Waals surface area (Å²) in [7, 11) is 1.64. The number of benzene rings is 1. The predicted octanol–water partition coefficient (Wildman–Crippen LogP) is 3.33. The topological polar surface area (TPSA) is 55.0 Å². The molecule has 0 aliphatic rings. The van der Waals surface area contributed by atoms with E-state index in [4.69, 9.17) is 4.74 Å². The van der Waals surface area contributed by atoms with E-state index in [-0.39, 0.29) is 5.56 Å². The zero-order valence-corrected chi connectivity index (χ0v) is 14.0. The molecule has 0 atom stereocenters. The smallest absolute Gasteiger partial charge is 0.265 e. The molecule has 0 saturated heterocycles. The van der Waals surface area contributed by atoms with Crippen molar-refractivity contribution in [2.75, 3.05) is 7.11 Å². The molecule has 21 heavy (non-hydrogen) atoms. The number of hydrogen-bond donors (Lipinski definition) is 1. The molecular formula is C16H19BrN2O2. The monoisotopic (exact) mass is 350 g/mol. The maximum atomic E-state index is 12.0. The molecule has 1 heterocycles. The minimum absolute atomic E-state index is 0.121. The molecule has 0 bridgehead atoms. The van der Waals surface area contributed by atoms with Crippen LogP contribution in [-0.2, 0) is 12.8 Å². The van der Waals surface area contributed by atoms with Crippen molar-refractivity contribution in [1.82, 2.24) is 9.97 Å². The molecule has 0 aliphatic carbocycles. The lowest BCUT2D eigenvalue weighted by Gasteiger charge is -2.09. The van der Waals surface area contributed by atoms with Crippen molar-refractivity contribution >= 4 is 15.9 Å². The minimum Gasteiger partial charge on any atom is -0.497 e. The van der Waals surface area contributed by atoms with Crippen molar-refractivity contribution < 1.29 is 4.74 Å². The quantitative estimate of drug-likeness (QED) is 0.899. The molecule has 0 spiro atoms. The van der Waals surface area contributed by atoms with E-state index in [2.05, 4.69) is 39.7 Å².